The number of imide groups is 1. The van der Waals surface area contributed by atoms with E-state index in [9.17, 15) is 19.5 Å². The van der Waals surface area contributed by atoms with Gasteiger partial charge in [0.15, 0.2) is 0 Å². The molecule has 0 saturated carbocycles. The Morgan fingerprint density at radius 2 is 1.56 bits per heavy atom. The summed E-state index contributed by atoms with van der Waals surface area (Å²) in [5.74, 6) is -2.01. The Morgan fingerprint density at radius 1 is 1.00 bits per heavy atom. The fourth-order valence-electron chi connectivity index (χ4n) is 2.87. The van der Waals surface area contributed by atoms with Crippen LogP contribution in [0.2, 0.25) is 0 Å². The molecule has 2 aromatic carbocycles. The number of hydroxylamine groups is 2. The third-order valence-electron chi connectivity index (χ3n) is 4.26. The standard InChI is InChI=1S/C20H17NO6/c1-12(26-2)17(20(24)25)14-8-4-3-7-13(14)11-27-21-18(22)15-9-5-6-10-16(15)19(21)23/h3-10H,11H2,1-2H3,(H,24,25)/b17-12+. The van der Waals surface area contributed by atoms with Gasteiger partial charge in [-0.15, -0.1) is 5.06 Å². The van der Waals surface area contributed by atoms with Crippen molar-refractivity contribution in [1.29, 1.82) is 0 Å². The zero-order valence-electron chi connectivity index (χ0n) is 14.8. The van der Waals surface area contributed by atoms with E-state index in [1.54, 1.807) is 55.5 Å². The Balaban J connectivity index is 1.88. The van der Waals surface area contributed by atoms with Crippen LogP contribution in [0.4, 0.5) is 0 Å². The monoisotopic (exact) mass is 367 g/mol. The molecule has 0 spiro atoms. The van der Waals surface area contributed by atoms with Gasteiger partial charge in [-0.3, -0.25) is 14.4 Å². The van der Waals surface area contributed by atoms with Crippen molar-refractivity contribution in [3.63, 3.8) is 0 Å². The first kappa shape index (κ1) is 18.3. The van der Waals surface area contributed by atoms with Crippen molar-refractivity contribution in [1.82, 2.24) is 5.06 Å². The molecule has 0 unspecified atom stereocenters. The molecule has 0 aromatic heterocycles. The molecule has 3 rings (SSSR count). The lowest BCUT2D eigenvalue weighted by atomic mass is 9.99. The summed E-state index contributed by atoms with van der Waals surface area (Å²) in [7, 11) is 1.39. The minimum Gasteiger partial charge on any atom is -0.500 e. The van der Waals surface area contributed by atoms with Gasteiger partial charge < -0.3 is 9.84 Å². The second-order valence-electron chi connectivity index (χ2n) is 5.82. The van der Waals surface area contributed by atoms with Crippen LogP contribution >= 0.6 is 0 Å². The highest BCUT2D eigenvalue weighted by Gasteiger charge is 2.36. The maximum absolute atomic E-state index is 12.4. The third-order valence-corrected chi connectivity index (χ3v) is 4.26. The summed E-state index contributed by atoms with van der Waals surface area (Å²) in [6.45, 7) is 1.39. The lowest BCUT2D eigenvalue weighted by Gasteiger charge is -2.16. The minimum atomic E-state index is -1.15. The Kier molecular flexibility index (Phi) is 5.05. The largest absolute Gasteiger partial charge is 0.500 e. The molecular formula is C20H17NO6. The molecule has 1 heterocycles. The number of aliphatic carboxylic acids is 1. The molecule has 0 fully saturated rings. The molecule has 2 aromatic rings. The van der Waals surface area contributed by atoms with Gasteiger partial charge in [-0.2, -0.15) is 0 Å². The number of carboxylic acids is 1. The summed E-state index contributed by atoms with van der Waals surface area (Å²) in [5, 5.41) is 10.2. The van der Waals surface area contributed by atoms with Gasteiger partial charge in [0.1, 0.15) is 17.9 Å². The highest BCUT2D eigenvalue weighted by Crippen LogP contribution is 2.27. The van der Waals surface area contributed by atoms with Crippen molar-refractivity contribution in [2.45, 2.75) is 13.5 Å². The van der Waals surface area contributed by atoms with E-state index < -0.39 is 17.8 Å². The predicted octanol–water partition coefficient (Wildman–Crippen LogP) is 2.88. The van der Waals surface area contributed by atoms with Gasteiger partial charge in [0.05, 0.1) is 18.2 Å². The van der Waals surface area contributed by atoms with E-state index in [1.807, 2.05) is 0 Å². The molecule has 1 aliphatic heterocycles. The van der Waals surface area contributed by atoms with Crippen LogP contribution < -0.4 is 0 Å². The zero-order chi connectivity index (χ0) is 19.6. The van der Waals surface area contributed by atoms with Crippen molar-refractivity contribution in [3.05, 3.63) is 76.5 Å². The first-order chi connectivity index (χ1) is 13.0. The van der Waals surface area contributed by atoms with E-state index in [4.69, 9.17) is 9.57 Å². The van der Waals surface area contributed by atoms with Crippen molar-refractivity contribution in [2.24, 2.45) is 0 Å². The van der Waals surface area contributed by atoms with E-state index >= 15 is 0 Å². The second-order valence-corrected chi connectivity index (χ2v) is 5.82. The van der Waals surface area contributed by atoms with E-state index in [2.05, 4.69) is 0 Å². The molecule has 0 radical (unpaired) electrons. The van der Waals surface area contributed by atoms with Gasteiger partial charge in [-0.25, -0.2) is 4.79 Å². The number of amides is 2. The topological polar surface area (TPSA) is 93.1 Å². The quantitative estimate of drug-likeness (QED) is 0.479. The Hall–Kier alpha value is -3.45. The number of nitrogens with zero attached hydrogens (tertiary/aromatic N) is 1. The number of carboxylic acid groups (broad SMARTS) is 1. The highest BCUT2D eigenvalue weighted by molar-refractivity contribution is 6.20. The number of hydrogen-bond acceptors (Lipinski definition) is 5. The van der Waals surface area contributed by atoms with Crippen LogP contribution in [0.1, 0.15) is 38.8 Å². The van der Waals surface area contributed by atoms with Gasteiger partial charge in [-0.05, 0) is 30.2 Å². The molecule has 138 valence electrons. The van der Waals surface area contributed by atoms with Crippen LogP contribution in [-0.2, 0) is 21.0 Å². The first-order valence-corrected chi connectivity index (χ1v) is 8.13. The summed E-state index contributed by atoms with van der Waals surface area (Å²) in [6, 6.07) is 13.1. The van der Waals surface area contributed by atoms with E-state index in [-0.39, 0.29) is 29.1 Å². The van der Waals surface area contributed by atoms with Crippen molar-refractivity contribution < 1.29 is 29.1 Å². The van der Waals surface area contributed by atoms with Crippen LogP contribution in [0, 0.1) is 0 Å². The predicted molar refractivity (Wildman–Crippen MR) is 95.4 cm³/mol. The number of ether oxygens (including phenoxy) is 1. The van der Waals surface area contributed by atoms with Crippen LogP contribution in [0.25, 0.3) is 5.57 Å². The van der Waals surface area contributed by atoms with Gasteiger partial charge in [0.25, 0.3) is 11.8 Å². The van der Waals surface area contributed by atoms with Gasteiger partial charge >= 0.3 is 5.97 Å². The van der Waals surface area contributed by atoms with Crippen LogP contribution in [0.15, 0.2) is 54.3 Å². The van der Waals surface area contributed by atoms with E-state index in [0.717, 1.165) is 0 Å². The molecule has 0 atom stereocenters. The second kappa shape index (κ2) is 7.43. The summed E-state index contributed by atoms with van der Waals surface area (Å²) >= 11 is 0. The Labute approximate surface area is 155 Å². The Bertz CT molecular complexity index is 927. The lowest BCUT2D eigenvalue weighted by Crippen LogP contribution is -2.30. The van der Waals surface area contributed by atoms with Crippen LogP contribution in [0.5, 0.6) is 0 Å². The number of fused-ring (bicyclic) bond motifs is 1. The summed E-state index contributed by atoms with van der Waals surface area (Å²) in [5.41, 5.74) is 1.43. The molecule has 1 N–H and O–H groups in total. The summed E-state index contributed by atoms with van der Waals surface area (Å²) in [6.07, 6.45) is 0. The molecule has 2 amide bonds. The molecule has 0 bridgehead atoms. The highest BCUT2D eigenvalue weighted by atomic mass is 16.7. The Morgan fingerprint density at radius 3 is 2.11 bits per heavy atom. The van der Waals surface area contributed by atoms with Gasteiger partial charge in [-0.1, -0.05) is 36.4 Å². The van der Waals surface area contributed by atoms with E-state index in [0.29, 0.717) is 16.2 Å². The average Bonchev–Trinajstić information content (AvgIpc) is 2.91. The van der Waals surface area contributed by atoms with Gasteiger partial charge in [0.2, 0.25) is 0 Å². The lowest BCUT2D eigenvalue weighted by molar-refractivity contribution is -0.130. The summed E-state index contributed by atoms with van der Waals surface area (Å²) < 4.78 is 5.08. The number of allylic oxidation sites excluding steroid dienone is 1. The van der Waals surface area contributed by atoms with Gasteiger partial charge in [0, 0.05) is 0 Å². The number of benzene rings is 2. The maximum Gasteiger partial charge on any atom is 0.339 e. The maximum atomic E-state index is 12.4. The molecule has 7 nitrogen and oxygen atoms in total. The van der Waals surface area contributed by atoms with Crippen molar-refractivity contribution in [3.8, 4) is 0 Å². The summed E-state index contributed by atoms with van der Waals surface area (Å²) in [4.78, 5) is 41.9. The van der Waals surface area contributed by atoms with Crippen molar-refractivity contribution in [2.75, 3.05) is 7.11 Å². The SMILES string of the molecule is CO/C(C)=C(/C(=O)O)c1ccccc1CON1C(=O)c2ccccc2C1=O. The number of carbonyl (C=O) groups excluding carboxylic acids is 2. The number of rotatable bonds is 6. The fraction of sp³-hybridized carbons (Fsp3) is 0.150. The number of hydrogen-bond donors (Lipinski definition) is 1. The molecular weight excluding hydrogens is 350 g/mol. The molecule has 0 aliphatic carbocycles. The minimum absolute atomic E-state index is 0.0148. The zero-order valence-corrected chi connectivity index (χ0v) is 14.8. The van der Waals surface area contributed by atoms with Crippen LogP contribution in [0.3, 0.4) is 0 Å². The molecule has 7 heteroatoms. The normalized spacial score (nSPS) is 14.1. The molecule has 1 aliphatic rings. The van der Waals surface area contributed by atoms with E-state index in [1.165, 1.54) is 7.11 Å². The van der Waals surface area contributed by atoms with Crippen molar-refractivity contribution >= 4 is 23.4 Å². The first-order valence-electron chi connectivity index (χ1n) is 8.13. The van der Waals surface area contributed by atoms with Crippen LogP contribution in [-0.4, -0.2) is 35.1 Å². The third kappa shape index (κ3) is 3.32. The molecule has 27 heavy (non-hydrogen) atoms. The smallest absolute Gasteiger partial charge is 0.339 e. The average molecular weight is 367 g/mol. The molecule has 0 saturated heterocycles. The number of carbonyl (C=O) groups is 3. The fourth-order valence-corrected chi connectivity index (χ4v) is 2.87. The number of methoxy groups -OCH3 is 1.